The molecule has 16 heteroatoms. The van der Waals surface area contributed by atoms with Crippen molar-refractivity contribution in [2.75, 3.05) is 12.4 Å². The minimum absolute atomic E-state index is 0.00503. The molecule has 12 nitrogen and oxygen atoms in total. The lowest BCUT2D eigenvalue weighted by Crippen LogP contribution is -2.46. The zero-order chi connectivity index (χ0) is 37.1. The average Bonchev–Trinajstić information content (AvgIpc) is 2.99. The lowest BCUT2D eigenvalue weighted by molar-refractivity contribution is -0.384. The van der Waals surface area contributed by atoms with E-state index in [4.69, 9.17) is 20.8 Å². The van der Waals surface area contributed by atoms with Crippen LogP contribution in [0.5, 0.6) is 5.75 Å². The minimum atomic E-state index is -2.20. The largest absolute Gasteiger partial charge is 0.598 e. The van der Waals surface area contributed by atoms with Gasteiger partial charge in [-0.3, -0.25) is 10.1 Å². The van der Waals surface area contributed by atoms with Crippen molar-refractivity contribution in [3.8, 4) is 22.9 Å². The van der Waals surface area contributed by atoms with Crippen molar-refractivity contribution in [3.63, 3.8) is 0 Å². The number of anilines is 1. The van der Waals surface area contributed by atoms with E-state index in [0.717, 1.165) is 6.07 Å². The fourth-order valence-corrected chi connectivity index (χ4v) is 7.41. The number of nitriles is 1. The molecule has 0 spiro atoms. The normalized spacial score (nSPS) is 14.5. The summed E-state index contributed by atoms with van der Waals surface area (Å²) in [6, 6.07) is 3.80. The van der Waals surface area contributed by atoms with Crippen LogP contribution >= 0.6 is 11.6 Å². The second kappa shape index (κ2) is 15.2. The van der Waals surface area contributed by atoms with Crippen molar-refractivity contribution < 1.29 is 23.0 Å². The van der Waals surface area contributed by atoms with Gasteiger partial charge < -0.3 is 19.0 Å². The van der Waals surface area contributed by atoms with Crippen molar-refractivity contribution >= 4 is 42.7 Å². The summed E-state index contributed by atoms with van der Waals surface area (Å²) in [7, 11) is -0.780. The van der Waals surface area contributed by atoms with Crippen LogP contribution < -0.4 is 14.8 Å². The number of methoxy groups -OCH3 is 1. The third kappa shape index (κ3) is 9.65. The molecule has 3 rings (SSSR count). The van der Waals surface area contributed by atoms with Crippen LogP contribution in [-0.4, -0.2) is 50.6 Å². The third-order valence-electron chi connectivity index (χ3n) is 8.33. The van der Waals surface area contributed by atoms with E-state index in [9.17, 15) is 19.9 Å². The molecular formula is C33H45ClFN7O5SSi. The van der Waals surface area contributed by atoms with Gasteiger partial charge in [-0.25, -0.2) is 19.3 Å². The first-order chi connectivity index (χ1) is 22.5. The van der Waals surface area contributed by atoms with E-state index in [2.05, 4.69) is 64.9 Å². The van der Waals surface area contributed by atoms with Crippen LogP contribution in [0, 0.1) is 27.3 Å². The minimum Gasteiger partial charge on any atom is -0.598 e. The molecule has 3 atom stereocenters. The van der Waals surface area contributed by atoms with Crippen LogP contribution in [0.25, 0.3) is 11.1 Å². The van der Waals surface area contributed by atoms with E-state index < -0.39 is 58.5 Å². The number of nitrogens with one attached hydrogen (secondary N) is 2. The number of ether oxygens (including phenoxy) is 1. The highest BCUT2D eigenvalue weighted by Gasteiger charge is 2.43. The molecule has 0 fully saturated rings. The summed E-state index contributed by atoms with van der Waals surface area (Å²) in [4.78, 5) is 24.7. The summed E-state index contributed by atoms with van der Waals surface area (Å²) >= 11 is 4.91. The van der Waals surface area contributed by atoms with Gasteiger partial charge in [-0.1, -0.05) is 32.4 Å². The second-order valence-electron chi connectivity index (χ2n) is 14.6. The Morgan fingerprint density at radius 1 is 1.12 bits per heavy atom. The fraction of sp³-hybridized carbons (Fsp3) is 0.515. The first kappa shape index (κ1) is 40.0. The van der Waals surface area contributed by atoms with Crippen LogP contribution in [0.3, 0.4) is 0 Å². The standard InChI is InChI=1S/C33H45ClFN7O5SSi/c1-31(2,3)48(45)41-21(17-36)14-25(28-27(46-9)12-13-37-29(28)34)40-24-15-22(23(35)16-26(24)42(43)44)20-18-38-30(39-19-20)33(7,8)47-49(10,11)32(4,5)6/h12-13,15-16,18-19,21,25,40-41H,14H2,1-11H3. The maximum atomic E-state index is 15.6. The van der Waals surface area contributed by atoms with Gasteiger partial charge in [0.1, 0.15) is 38.8 Å². The molecule has 0 aliphatic carbocycles. The van der Waals surface area contributed by atoms with E-state index in [0.29, 0.717) is 17.1 Å². The summed E-state index contributed by atoms with van der Waals surface area (Å²) < 4.78 is 42.7. The smallest absolute Gasteiger partial charge is 0.295 e. The Labute approximate surface area is 296 Å². The fourth-order valence-electron chi connectivity index (χ4n) is 4.70. The molecule has 2 aromatic heterocycles. The zero-order valence-electron chi connectivity index (χ0n) is 29.8. The number of nitro benzene ring substituents is 1. The number of nitrogens with zero attached hydrogens (tertiary/aromatic N) is 5. The SMILES string of the molecule is COc1ccnc(Cl)c1C(CC(C#N)N[S+]([O-])C(C)(C)C)Nc1cc(-c2cnc(C(C)(C)O[Si](C)(C)C(C)(C)C)nc2)c(F)cc1[N+](=O)[O-]. The number of pyridine rings is 1. The van der Waals surface area contributed by atoms with Crippen LogP contribution in [0.1, 0.15) is 79.2 Å². The Balaban J connectivity index is 2.11. The molecule has 0 aliphatic rings. The van der Waals surface area contributed by atoms with Crippen LogP contribution in [-0.2, 0) is 21.4 Å². The Morgan fingerprint density at radius 2 is 1.73 bits per heavy atom. The molecule has 0 bridgehead atoms. The molecule has 266 valence electrons. The van der Waals surface area contributed by atoms with Crippen LogP contribution in [0.4, 0.5) is 15.8 Å². The maximum Gasteiger partial charge on any atom is 0.295 e. The Morgan fingerprint density at radius 3 is 2.24 bits per heavy atom. The molecular weight excluding hydrogens is 689 g/mol. The van der Waals surface area contributed by atoms with E-state index >= 15 is 4.39 Å². The van der Waals surface area contributed by atoms with Gasteiger partial charge in [-0.05, 0) is 64.9 Å². The highest BCUT2D eigenvalue weighted by Crippen LogP contribution is 2.42. The number of hydrogen-bond acceptors (Lipinski definition) is 11. The lowest BCUT2D eigenvalue weighted by atomic mass is 9.99. The van der Waals surface area contributed by atoms with Crippen LogP contribution in [0.15, 0.2) is 36.8 Å². The average molecular weight is 734 g/mol. The summed E-state index contributed by atoms with van der Waals surface area (Å²) in [6.45, 7) is 19.7. The molecule has 3 aromatic rings. The summed E-state index contributed by atoms with van der Waals surface area (Å²) in [5.74, 6) is -0.165. The molecule has 3 unspecified atom stereocenters. The predicted octanol–water partition coefficient (Wildman–Crippen LogP) is 7.99. The summed E-state index contributed by atoms with van der Waals surface area (Å²) in [6.07, 6.45) is 4.24. The van der Waals surface area contributed by atoms with Gasteiger partial charge in [0.15, 0.2) is 14.1 Å². The quantitative estimate of drug-likeness (QED) is 0.0573. The van der Waals surface area contributed by atoms with Gasteiger partial charge >= 0.3 is 0 Å². The monoisotopic (exact) mass is 733 g/mol. The highest BCUT2D eigenvalue weighted by atomic mass is 35.5. The molecule has 49 heavy (non-hydrogen) atoms. The second-order valence-corrected chi connectivity index (χ2v) is 21.7. The molecule has 0 saturated carbocycles. The van der Waals surface area contributed by atoms with Crippen molar-refractivity contribution in [2.45, 2.75) is 102 Å². The Hall–Kier alpha value is -3.39. The number of hydrogen-bond donors (Lipinski definition) is 2. The summed E-state index contributed by atoms with van der Waals surface area (Å²) in [5.41, 5.74) is -0.909. The van der Waals surface area contributed by atoms with Gasteiger partial charge in [0.2, 0.25) is 0 Å². The van der Waals surface area contributed by atoms with E-state index in [1.54, 1.807) is 26.8 Å². The first-order valence-electron chi connectivity index (χ1n) is 15.6. The number of nitro groups is 1. The van der Waals surface area contributed by atoms with Gasteiger partial charge in [0, 0.05) is 47.5 Å². The lowest BCUT2D eigenvalue weighted by Gasteiger charge is -2.42. The van der Waals surface area contributed by atoms with Crippen molar-refractivity contribution in [1.29, 1.82) is 5.26 Å². The number of aromatic nitrogens is 3. The molecule has 2 N–H and O–H groups in total. The molecule has 0 saturated heterocycles. The van der Waals surface area contributed by atoms with Gasteiger partial charge in [0.25, 0.3) is 5.69 Å². The number of halogens is 2. The van der Waals surface area contributed by atoms with Crippen LogP contribution in [0.2, 0.25) is 23.3 Å². The molecule has 0 radical (unpaired) electrons. The zero-order valence-corrected chi connectivity index (χ0v) is 32.3. The number of benzene rings is 1. The first-order valence-corrected chi connectivity index (χ1v) is 20.0. The molecule has 0 amide bonds. The van der Waals surface area contributed by atoms with E-state index in [1.807, 2.05) is 13.8 Å². The van der Waals surface area contributed by atoms with E-state index in [-0.39, 0.29) is 33.4 Å². The van der Waals surface area contributed by atoms with Crippen molar-refractivity contribution in [3.05, 3.63) is 69.3 Å². The number of rotatable bonds is 13. The summed E-state index contributed by atoms with van der Waals surface area (Å²) in [5, 5.41) is 25.3. The van der Waals surface area contributed by atoms with Crippen molar-refractivity contribution in [2.24, 2.45) is 0 Å². The highest BCUT2D eigenvalue weighted by molar-refractivity contribution is 7.90. The topological polar surface area (TPSA) is 171 Å². The Bertz CT molecular complexity index is 1690. The van der Waals surface area contributed by atoms with E-state index in [1.165, 1.54) is 31.8 Å². The predicted molar refractivity (Wildman–Crippen MR) is 193 cm³/mol. The van der Waals surface area contributed by atoms with Gasteiger partial charge in [-0.2, -0.15) is 5.26 Å². The Kier molecular flexibility index (Phi) is 12.5. The van der Waals surface area contributed by atoms with Gasteiger partial charge in [-0.15, -0.1) is 4.72 Å². The maximum absolute atomic E-state index is 15.6. The molecule has 0 aliphatic heterocycles. The third-order valence-corrected chi connectivity index (χ3v) is 14.9. The van der Waals surface area contributed by atoms with Crippen molar-refractivity contribution in [1.82, 2.24) is 19.7 Å². The molecule has 2 heterocycles. The van der Waals surface area contributed by atoms with Gasteiger partial charge in [0.05, 0.1) is 35.8 Å². The molecule has 1 aromatic carbocycles.